The topological polar surface area (TPSA) is 90.2 Å². The molecule has 6 nitrogen and oxygen atoms in total. The van der Waals surface area contributed by atoms with Gasteiger partial charge in [0.2, 0.25) is 0 Å². The lowest BCUT2D eigenvalue weighted by molar-refractivity contribution is -0.146. The highest BCUT2D eigenvalue weighted by Crippen LogP contribution is 1.98. The molecule has 6 heteroatoms. The molecule has 0 aromatic carbocycles. The molecule has 0 aliphatic carbocycles. The Morgan fingerprint density at radius 2 is 2.47 bits per heavy atom. The standard InChI is InChI=1S/C9H15N3O3/c1-14-2-3-15-9(13)8(10)4-7-5-11-6-12-7/h5-6,8H,2-4,10H2,1H3,(H,11,12). The van der Waals surface area contributed by atoms with E-state index in [1.807, 2.05) is 0 Å². The Balaban J connectivity index is 2.27. The van der Waals surface area contributed by atoms with E-state index in [2.05, 4.69) is 9.97 Å². The number of carbonyl (C=O) groups is 1. The van der Waals surface area contributed by atoms with Crippen LogP contribution >= 0.6 is 0 Å². The van der Waals surface area contributed by atoms with E-state index in [0.717, 1.165) is 5.69 Å². The number of nitrogens with two attached hydrogens (primary N) is 1. The molecule has 3 N–H and O–H groups in total. The van der Waals surface area contributed by atoms with Gasteiger partial charge in [-0.3, -0.25) is 4.79 Å². The monoisotopic (exact) mass is 213 g/mol. The Kier molecular flexibility index (Phi) is 4.79. The van der Waals surface area contributed by atoms with E-state index in [1.54, 1.807) is 13.3 Å². The Hall–Kier alpha value is -1.40. The summed E-state index contributed by atoms with van der Waals surface area (Å²) in [6.45, 7) is 0.606. The molecule has 0 radical (unpaired) electrons. The molecule has 1 aromatic rings. The molecule has 1 atom stereocenters. The summed E-state index contributed by atoms with van der Waals surface area (Å²) in [5.41, 5.74) is 6.44. The van der Waals surface area contributed by atoms with Crippen LogP contribution in [0.3, 0.4) is 0 Å². The molecule has 0 saturated heterocycles. The summed E-state index contributed by atoms with van der Waals surface area (Å²) in [4.78, 5) is 18.0. The highest BCUT2D eigenvalue weighted by Gasteiger charge is 2.15. The minimum Gasteiger partial charge on any atom is -0.462 e. The lowest BCUT2D eigenvalue weighted by Crippen LogP contribution is -2.35. The Morgan fingerprint density at radius 1 is 1.67 bits per heavy atom. The molecule has 84 valence electrons. The number of ether oxygens (including phenoxy) is 2. The van der Waals surface area contributed by atoms with Crippen LogP contribution in [-0.2, 0) is 20.7 Å². The molecule has 0 saturated carbocycles. The summed E-state index contributed by atoms with van der Waals surface area (Å²) in [7, 11) is 1.54. The van der Waals surface area contributed by atoms with Gasteiger partial charge in [0.25, 0.3) is 0 Å². The SMILES string of the molecule is COCCOC(=O)C(N)Cc1cnc[nH]1. The molecule has 1 heterocycles. The fourth-order valence-electron chi connectivity index (χ4n) is 1.05. The van der Waals surface area contributed by atoms with E-state index in [-0.39, 0.29) is 6.61 Å². The number of rotatable bonds is 6. The summed E-state index contributed by atoms with van der Waals surface area (Å²) in [6, 6.07) is -0.665. The van der Waals surface area contributed by atoms with Gasteiger partial charge in [-0.15, -0.1) is 0 Å². The van der Waals surface area contributed by atoms with Crippen molar-refractivity contribution in [3.63, 3.8) is 0 Å². The lowest BCUT2D eigenvalue weighted by Gasteiger charge is -2.09. The van der Waals surface area contributed by atoms with Gasteiger partial charge in [0.15, 0.2) is 0 Å². The van der Waals surface area contributed by atoms with Crippen molar-refractivity contribution in [2.24, 2.45) is 5.73 Å². The zero-order valence-electron chi connectivity index (χ0n) is 8.60. The molecule has 0 aliphatic rings. The number of nitrogens with zero attached hydrogens (tertiary/aromatic N) is 1. The number of hydrogen-bond acceptors (Lipinski definition) is 5. The van der Waals surface area contributed by atoms with Gasteiger partial charge in [-0.05, 0) is 0 Å². The Labute approximate surface area is 87.8 Å². The first kappa shape index (κ1) is 11.7. The van der Waals surface area contributed by atoms with Crippen molar-refractivity contribution in [2.45, 2.75) is 12.5 Å². The number of esters is 1. The van der Waals surface area contributed by atoms with E-state index in [4.69, 9.17) is 15.2 Å². The van der Waals surface area contributed by atoms with Crippen molar-refractivity contribution in [1.82, 2.24) is 9.97 Å². The van der Waals surface area contributed by atoms with Gasteiger partial charge >= 0.3 is 5.97 Å². The molecular weight excluding hydrogens is 198 g/mol. The van der Waals surface area contributed by atoms with Crippen LogP contribution in [0.4, 0.5) is 0 Å². The Bertz CT molecular complexity index is 287. The van der Waals surface area contributed by atoms with Crippen molar-refractivity contribution in [2.75, 3.05) is 20.3 Å². The van der Waals surface area contributed by atoms with Crippen molar-refractivity contribution < 1.29 is 14.3 Å². The molecular formula is C9H15N3O3. The maximum atomic E-state index is 11.3. The number of methoxy groups -OCH3 is 1. The highest BCUT2D eigenvalue weighted by atomic mass is 16.6. The van der Waals surface area contributed by atoms with Crippen molar-refractivity contribution in [3.8, 4) is 0 Å². The van der Waals surface area contributed by atoms with Crippen LogP contribution in [0.15, 0.2) is 12.5 Å². The van der Waals surface area contributed by atoms with Gasteiger partial charge in [-0.1, -0.05) is 0 Å². The third-order valence-electron chi connectivity index (χ3n) is 1.83. The average Bonchev–Trinajstić information content (AvgIpc) is 2.70. The molecule has 0 aliphatic heterocycles. The molecule has 1 unspecified atom stereocenters. The van der Waals surface area contributed by atoms with E-state index in [9.17, 15) is 4.79 Å². The summed E-state index contributed by atoms with van der Waals surface area (Å²) < 4.78 is 9.61. The quantitative estimate of drug-likeness (QED) is 0.489. The predicted molar refractivity (Wildman–Crippen MR) is 53.1 cm³/mol. The molecule has 15 heavy (non-hydrogen) atoms. The zero-order chi connectivity index (χ0) is 11.1. The summed E-state index contributed by atoms with van der Waals surface area (Å²) in [6.07, 6.45) is 3.56. The van der Waals surface area contributed by atoms with Crippen molar-refractivity contribution >= 4 is 5.97 Å². The minimum atomic E-state index is -0.665. The van der Waals surface area contributed by atoms with Gasteiger partial charge in [0.05, 0.1) is 12.9 Å². The van der Waals surface area contributed by atoms with Crippen LogP contribution in [0.5, 0.6) is 0 Å². The number of H-pyrrole nitrogens is 1. The van der Waals surface area contributed by atoms with Gasteiger partial charge in [-0.25, -0.2) is 4.98 Å². The fourth-order valence-corrected chi connectivity index (χ4v) is 1.05. The van der Waals surface area contributed by atoms with Crippen molar-refractivity contribution in [3.05, 3.63) is 18.2 Å². The summed E-state index contributed by atoms with van der Waals surface area (Å²) >= 11 is 0. The van der Waals surface area contributed by atoms with E-state index in [1.165, 1.54) is 6.33 Å². The second-order valence-corrected chi connectivity index (χ2v) is 3.05. The van der Waals surface area contributed by atoms with Gasteiger partial charge < -0.3 is 20.2 Å². The minimum absolute atomic E-state index is 0.228. The van der Waals surface area contributed by atoms with E-state index >= 15 is 0 Å². The van der Waals surface area contributed by atoms with E-state index in [0.29, 0.717) is 13.0 Å². The fraction of sp³-hybridized carbons (Fsp3) is 0.556. The number of imidazole rings is 1. The molecule has 0 bridgehead atoms. The molecule has 1 rings (SSSR count). The maximum Gasteiger partial charge on any atom is 0.323 e. The van der Waals surface area contributed by atoms with Crippen LogP contribution in [0.1, 0.15) is 5.69 Å². The zero-order valence-corrected chi connectivity index (χ0v) is 8.60. The predicted octanol–water partition coefficient (Wildman–Crippen LogP) is -0.531. The maximum absolute atomic E-state index is 11.3. The first-order valence-corrected chi connectivity index (χ1v) is 4.62. The lowest BCUT2D eigenvalue weighted by atomic mass is 10.2. The number of aromatic amines is 1. The largest absolute Gasteiger partial charge is 0.462 e. The second kappa shape index (κ2) is 6.15. The highest BCUT2D eigenvalue weighted by molar-refractivity contribution is 5.75. The van der Waals surface area contributed by atoms with E-state index < -0.39 is 12.0 Å². The third-order valence-corrected chi connectivity index (χ3v) is 1.83. The van der Waals surface area contributed by atoms with Crippen LogP contribution in [0, 0.1) is 0 Å². The first-order chi connectivity index (χ1) is 7.24. The number of aromatic nitrogens is 2. The summed E-state index contributed by atoms with van der Waals surface area (Å²) in [5, 5.41) is 0. The van der Waals surface area contributed by atoms with Crippen LogP contribution in [0.25, 0.3) is 0 Å². The smallest absolute Gasteiger partial charge is 0.323 e. The van der Waals surface area contributed by atoms with Crippen LogP contribution in [-0.4, -0.2) is 42.3 Å². The average molecular weight is 213 g/mol. The van der Waals surface area contributed by atoms with Gasteiger partial charge in [0, 0.05) is 25.4 Å². The second-order valence-electron chi connectivity index (χ2n) is 3.05. The third kappa shape index (κ3) is 4.09. The Morgan fingerprint density at radius 3 is 3.07 bits per heavy atom. The molecule has 0 spiro atoms. The van der Waals surface area contributed by atoms with Crippen molar-refractivity contribution in [1.29, 1.82) is 0 Å². The summed E-state index contributed by atoms with van der Waals surface area (Å²) in [5.74, 6) is -0.429. The number of nitrogens with one attached hydrogen (secondary N) is 1. The molecule has 0 fully saturated rings. The normalized spacial score (nSPS) is 12.4. The first-order valence-electron chi connectivity index (χ1n) is 4.62. The molecule has 1 aromatic heterocycles. The van der Waals surface area contributed by atoms with Crippen LogP contribution < -0.4 is 5.73 Å². The molecule has 0 amide bonds. The number of carbonyl (C=O) groups excluding carboxylic acids is 1. The van der Waals surface area contributed by atoms with Crippen LogP contribution in [0.2, 0.25) is 0 Å². The number of hydrogen-bond donors (Lipinski definition) is 2. The van der Waals surface area contributed by atoms with Gasteiger partial charge in [0.1, 0.15) is 12.6 Å². The van der Waals surface area contributed by atoms with Gasteiger partial charge in [-0.2, -0.15) is 0 Å².